The molecule has 27 heavy (non-hydrogen) atoms. The van der Waals surface area contributed by atoms with Crippen molar-refractivity contribution in [3.63, 3.8) is 0 Å². The van der Waals surface area contributed by atoms with E-state index in [-0.39, 0.29) is 29.9 Å². The third-order valence-corrected chi connectivity index (χ3v) is 4.50. The van der Waals surface area contributed by atoms with Crippen LogP contribution in [0.15, 0.2) is 42.5 Å². The van der Waals surface area contributed by atoms with Crippen molar-refractivity contribution in [2.75, 3.05) is 13.1 Å². The lowest BCUT2D eigenvalue weighted by Crippen LogP contribution is -2.43. The zero-order chi connectivity index (χ0) is 19.4. The smallest absolute Gasteiger partial charge is 0.269 e. The van der Waals surface area contributed by atoms with Crippen LogP contribution < -0.4 is 0 Å². The first kappa shape index (κ1) is 18.9. The van der Waals surface area contributed by atoms with Crippen molar-refractivity contribution in [2.45, 2.75) is 25.6 Å². The lowest BCUT2D eigenvalue weighted by atomic mass is 10.1. The molecule has 1 aliphatic rings. The number of benzene rings is 2. The predicted octanol–water partition coefficient (Wildman–Crippen LogP) is 3.69. The lowest BCUT2D eigenvalue weighted by molar-refractivity contribution is -0.384. The summed E-state index contributed by atoms with van der Waals surface area (Å²) in [5.41, 5.74) is 0.412. The number of carbonyl (C=O) groups is 1. The summed E-state index contributed by atoms with van der Waals surface area (Å²) in [6.07, 6.45) is 1.14. The van der Waals surface area contributed by atoms with Gasteiger partial charge in [0.05, 0.1) is 17.6 Å². The topological polar surface area (TPSA) is 72.7 Å². The Labute approximate surface area is 154 Å². The van der Waals surface area contributed by atoms with E-state index in [4.69, 9.17) is 4.74 Å². The zero-order valence-corrected chi connectivity index (χ0v) is 14.4. The summed E-state index contributed by atoms with van der Waals surface area (Å²) in [6, 6.07) is 9.35. The highest BCUT2D eigenvalue weighted by Gasteiger charge is 2.25. The van der Waals surface area contributed by atoms with Gasteiger partial charge in [0, 0.05) is 36.3 Å². The molecule has 142 valence electrons. The molecule has 0 N–H and O–H groups in total. The summed E-state index contributed by atoms with van der Waals surface area (Å²) in [5, 5.41) is 10.7. The highest BCUT2D eigenvalue weighted by atomic mass is 19.2. The Morgan fingerprint density at radius 1 is 1.22 bits per heavy atom. The fourth-order valence-corrected chi connectivity index (χ4v) is 3.03. The van der Waals surface area contributed by atoms with Crippen LogP contribution in [0.1, 0.15) is 28.8 Å². The van der Waals surface area contributed by atoms with Gasteiger partial charge in [0.25, 0.3) is 11.6 Å². The SMILES string of the molecule is O=C(c1ccc([N+](=O)[O-])cc1)N1CCC[C@H](OCc2cccc(F)c2F)C1. The van der Waals surface area contributed by atoms with Crippen LogP contribution in [0.5, 0.6) is 0 Å². The van der Waals surface area contributed by atoms with Gasteiger partial charge in [0.15, 0.2) is 11.6 Å². The quantitative estimate of drug-likeness (QED) is 0.589. The van der Waals surface area contributed by atoms with Gasteiger partial charge in [0.1, 0.15) is 0 Å². The number of likely N-dealkylation sites (tertiary alicyclic amines) is 1. The van der Waals surface area contributed by atoms with Crippen LogP contribution in [-0.4, -0.2) is 34.9 Å². The number of carbonyl (C=O) groups excluding carboxylic acids is 1. The maximum atomic E-state index is 13.7. The van der Waals surface area contributed by atoms with Gasteiger partial charge < -0.3 is 9.64 Å². The highest BCUT2D eigenvalue weighted by Crippen LogP contribution is 2.20. The van der Waals surface area contributed by atoms with Gasteiger partial charge in [-0.3, -0.25) is 14.9 Å². The molecule has 1 aliphatic heterocycles. The molecule has 2 aromatic carbocycles. The molecule has 0 unspecified atom stereocenters. The molecule has 0 aliphatic carbocycles. The summed E-state index contributed by atoms with van der Waals surface area (Å²) >= 11 is 0. The normalized spacial score (nSPS) is 17.0. The fraction of sp³-hybridized carbons (Fsp3) is 0.316. The van der Waals surface area contributed by atoms with E-state index in [1.165, 1.54) is 36.4 Å². The van der Waals surface area contributed by atoms with E-state index in [1.54, 1.807) is 4.90 Å². The van der Waals surface area contributed by atoms with Gasteiger partial charge in [-0.25, -0.2) is 8.78 Å². The van der Waals surface area contributed by atoms with E-state index in [2.05, 4.69) is 0 Å². The Morgan fingerprint density at radius 2 is 1.96 bits per heavy atom. The number of nitrogens with zero attached hydrogens (tertiary/aromatic N) is 2. The second kappa shape index (κ2) is 8.22. The molecule has 3 rings (SSSR count). The van der Waals surface area contributed by atoms with Gasteiger partial charge in [-0.2, -0.15) is 0 Å². The van der Waals surface area contributed by atoms with Crippen molar-refractivity contribution in [2.24, 2.45) is 0 Å². The molecule has 2 aromatic rings. The Bertz CT molecular complexity index is 842. The summed E-state index contributed by atoms with van der Waals surface area (Å²) < 4.78 is 32.6. The minimum atomic E-state index is -0.924. The monoisotopic (exact) mass is 376 g/mol. The van der Waals surface area contributed by atoms with Crippen LogP contribution in [0.3, 0.4) is 0 Å². The number of amides is 1. The number of piperidine rings is 1. The Morgan fingerprint density at radius 3 is 2.67 bits per heavy atom. The standard InChI is InChI=1S/C19H18F2N2O4/c20-17-5-1-3-14(18(17)21)12-27-16-4-2-10-22(11-16)19(24)13-6-8-15(9-7-13)23(25)26/h1,3,5-9,16H,2,4,10-12H2/t16-/m0/s1. The summed E-state index contributed by atoms with van der Waals surface area (Å²) in [6.45, 7) is 0.796. The minimum absolute atomic E-state index is 0.0756. The van der Waals surface area contributed by atoms with Crippen LogP contribution in [0.2, 0.25) is 0 Å². The molecule has 0 bridgehead atoms. The zero-order valence-electron chi connectivity index (χ0n) is 14.4. The van der Waals surface area contributed by atoms with E-state index in [9.17, 15) is 23.7 Å². The molecule has 0 saturated carbocycles. The maximum absolute atomic E-state index is 13.7. The third-order valence-electron chi connectivity index (χ3n) is 4.50. The summed E-state index contributed by atoms with van der Waals surface area (Å²) in [5.74, 6) is -2.09. The fourth-order valence-electron chi connectivity index (χ4n) is 3.03. The van der Waals surface area contributed by atoms with Crippen LogP contribution in [0.4, 0.5) is 14.5 Å². The number of nitro groups is 1. The average Bonchev–Trinajstić information content (AvgIpc) is 2.69. The van der Waals surface area contributed by atoms with E-state index >= 15 is 0 Å². The van der Waals surface area contributed by atoms with Gasteiger partial charge in [-0.15, -0.1) is 0 Å². The number of nitro benzene ring substituents is 1. The van der Waals surface area contributed by atoms with Crippen LogP contribution in [0.25, 0.3) is 0 Å². The molecule has 1 fully saturated rings. The molecule has 1 amide bonds. The largest absolute Gasteiger partial charge is 0.372 e. The van der Waals surface area contributed by atoms with Crippen LogP contribution in [0, 0.1) is 21.7 Å². The number of halogens is 2. The molecule has 0 aromatic heterocycles. The number of rotatable bonds is 5. The van der Waals surface area contributed by atoms with Gasteiger partial charge in [0.2, 0.25) is 0 Å². The molecular weight excluding hydrogens is 358 g/mol. The highest BCUT2D eigenvalue weighted by molar-refractivity contribution is 5.94. The van der Waals surface area contributed by atoms with E-state index in [1.807, 2.05) is 0 Å². The van der Waals surface area contributed by atoms with Crippen molar-refractivity contribution in [3.8, 4) is 0 Å². The Balaban J connectivity index is 1.60. The van der Waals surface area contributed by atoms with Gasteiger partial charge >= 0.3 is 0 Å². The van der Waals surface area contributed by atoms with Gasteiger partial charge in [-0.05, 0) is 31.0 Å². The second-order valence-corrected chi connectivity index (χ2v) is 6.34. The first-order valence-corrected chi connectivity index (χ1v) is 8.54. The van der Waals surface area contributed by atoms with E-state index in [0.29, 0.717) is 25.1 Å². The van der Waals surface area contributed by atoms with Crippen molar-refractivity contribution in [1.29, 1.82) is 0 Å². The van der Waals surface area contributed by atoms with Crippen LogP contribution in [-0.2, 0) is 11.3 Å². The molecule has 0 spiro atoms. The number of hydrogen-bond donors (Lipinski definition) is 0. The number of non-ortho nitro benzene ring substituents is 1. The summed E-state index contributed by atoms with van der Waals surface area (Å²) in [7, 11) is 0. The van der Waals surface area contributed by atoms with Crippen molar-refractivity contribution in [3.05, 3.63) is 75.3 Å². The molecule has 1 atom stereocenters. The summed E-state index contributed by atoms with van der Waals surface area (Å²) in [4.78, 5) is 24.4. The van der Waals surface area contributed by atoms with E-state index < -0.39 is 16.6 Å². The van der Waals surface area contributed by atoms with Crippen LogP contribution >= 0.6 is 0 Å². The Kier molecular flexibility index (Phi) is 5.75. The average molecular weight is 376 g/mol. The second-order valence-electron chi connectivity index (χ2n) is 6.34. The van der Waals surface area contributed by atoms with Gasteiger partial charge in [-0.1, -0.05) is 12.1 Å². The third kappa shape index (κ3) is 4.46. The van der Waals surface area contributed by atoms with Crippen molar-refractivity contribution >= 4 is 11.6 Å². The molecule has 0 radical (unpaired) electrons. The molecule has 8 heteroatoms. The molecule has 6 nitrogen and oxygen atoms in total. The number of ether oxygens (including phenoxy) is 1. The minimum Gasteiger partial charge on any atom is -0.372 e. The lowest BCUT2D eigenvalue weighted by Gasteiger charge is -2.32. The maximum Gasteiger partial charge on any atom is 0.269 e. The van der Waals surface area contributed by atoms with Crippen molar-refractivity contribution < 1.29 is 23.2 Å². The first-order valence-electron chi connectivity index (χ1n) is 8.54. The molecule has 1 heterocycles. The van der Waals surface area contributed by atoms with E-state index in [0.717, 1.165) is 12.5 Å². The van der Waals surface area contributed by atoms with Crippen molar-refractivity contribution in [1.82, 2.24) is 4.90 Å². The first-order chi connectivity index (χ1) is 13.0. The molecular formula is C19H18F2N2O4. The predicted molar refractivity (Wildman–Crippen MR) is 93.2 cm³/mol. The number of hydrogen-bond acceptors (Lipinski definition) is 4. The Hall–Kier alpha value is -2.87. The molecule has 1 saturated heterocycles.